The standard InChI is InChI=1S/C8H16N2O2S/c1-3-9-8(11)7-6-10(13-2)4-5-12-7/h7H,3-6H2,1-2H3,(H,9,11). The zero-order valence-corrected chi connectivity index (χ0v) is 8.89. The number of nitrogens with one attached hydrogen (secondary N) is 1. The first-order valence-corrected chi connectivity index (χ1v) is 5.64. The van der Waals surface area contributed by atoms with E-state index in [2.05, 4.69) is 9.62 Å². The van der Waals surface area contributed by atoms with Gasteiger partial charge in [0.2, 0.25) is 0 Å². The quantitative estimate of drug-likeness (QED) is 0.662. The Kier molecular flexibility index (Phi) is 4.55. The highest BCUT2D eigenvalue weighted by atomic mass is 32.2. The molecule has 0 aliphatic carbocycles. The molecule has 1 amide bonds. The maximum atomic E-state index is 11.4. The van der Waals surface area contributed by atoms with Gasteiger partial charge in [0.15, 0.2) is 0 Å². The van der Waals surface area contributed by atoms with E-state index < -0.39 is 0 Å². The molecule has 0 saturated carbocycles. The molecule has 5 heteroatoms. The summed E-state index contributed by atoms with van der Waals surface area (Å²) in [4.78, 5) is 11.4. The molecule has 1 aliphatic rings. The Morgan fingerprint density at radius 2 is 2.54 bits per heavy atom. The summed E-state index contributed by atoms with van der Waals surface area (Å²) in [5.74, 6) is 0.00116. The number of amides is 1. The smallest absolute Gasteiger partial charge is 0.250 e. The molecule has 0 aromatic heterocycles. The van der Waals surface area contributed by atoms with Gasteiger partial charge >= 0.3 is 0 Å². The maximum Gasteiger partial charge on any atom is 0.250 e. The molecule has 1 aliphatic heterocycles. The Balaban J connectivity index is 2.37. The Hall–Kier alpha value is -0.260. The average Bonchev–Trinajstić information content (AvgIpc) is 2.18. The SMILES string of the molecule is CCNC(=O)C1CN(SC)CCO1. The van der Waals surface area contributed by atoms with E-state index >= 15 is 0 Å². The zero-order valence-electron chi connectivity index (χ0n) is 8.08. The molecule has 1 fully saturated rings. The van der Waals surface area contributed by atoms with E-state index in [9.17, 15) is 4.79 Å². The predicted molar refractivity (Wildman–Crippen MR) is 53.5 cm³/mol. The van der Waals surface area contributed by atoms with Crippen LogP contribution in [0.1, 0.15) is 6.92 Å². The van der Waals surface area contributed by atoms with E-state index in [4.69, 9.17) is 4.74 Å². The molecule has 0 radical (unpaired) electrons. The molecule has 1 atom stereocenters. The summed E-state index contributed by atoms with van der Waals surface area (Å²) in [6.07, 6.45) is 1.72. The first kappa shape index (κ1) is 10.8. The number of morpholine rings is 1. The topological polar surface area (TPSA) is 41.6 Å². The highest BCUT2D eigenvalue weighted by Gasteiger charge is 2.25. The molecule has 1 unspecified atom stereocenters. The third-order valence-corrected chi connectivity index (χ3v) is 2.78. The van der Waals surface area contributed by atoms with Crippen molar-refractivity contribution >= 4 is 17.9 Å². The zero-order chi connectivity index (χ0) is 9.68. The Morgan fingerprint density at radius 3 is 3.15 bits per heavy atom. The molecule has 4 nitrogen and oxygen atoms in total. The van der Waals surface area contributed by atoms with Crippen LogP contribution in [0.5, 0.6) is 0 Å². The van der Waals surface area contributed by atoms with Crippen LogP contribution in [0.2, 0.25) is 0 Å². The minimum Gasteiger partial charge on any atom is -0.366 e. The van der Waals surface area contributed by atoms with Crippen LogP contribution >= 0.6 is 11.9 Å². The van der Waals surface area contributed by atoms with Crippen molar-refractivity contribution in [2.75, 3.05) is 32.5 Å². The Morgan fingerprint density at radius 1 is 1.77 bits per heavy atom. The molecule has 0 bridgehead atoms. The monoisotopic (exact) mass is 204 g/mol. The lowest BCUT2D eigenvalue weighted by Crippen LogP contribution is -2.47. The van der Waals surface area contributed by atoms with Gasteiger partial charge in [0.05, 0.1) is 6.61 Å². The lowest BCUT2D eigenvalue weighted by molar-refractivity contribution is -0.135. The fourth-order valence-electron chi connectivity index (χ4n) is 1.24. The Bertz CT molecular complexity index is 178. The third-order valence-electron chi connectivity index (χ3n) is 1.93. The minimum absolute atomic E-state index is 0.00116. The van der Waals surface area contributed by atoms with E-state index in [0.717, 1.165) is 6.54 Å². The van der Waals surface area contributed by atoms with Gasteiger partial charge in [0, 0.05) is 19.6 Å². The molecule has 1 heterocycles. The van der Waals surface area contributed by atoms with Crippen LogP contribution in [0.4, 0.5) is 0 Å². The molecule has 0 spiro atoms. The Labute approximate surface area is 83.1 Å². The summed E-state index contributed by atoms with van der Waals surface area (Å²) >= 11 is 1.66. The molecular weight excluding hydrogens is 188 g/mol. The number of ether oxygens (including phenoxy) is 1. The molecule has 0 aromatic rings. The number of hydrogen-bond acceptors (Lipinski definition) is 4. The summed E-state index contributed by atoms with van der Waals surface area (Å²) in [6.45, 7) is 4.80. The maximum absolute atomic E-state index is 11.4. The van der Waals surface area contributed by atoms with Gasteiger partial charge in [-0.1, -0.05) is 11.9 Å². The van der Waals surface area contributed by atoms with Crippen molar-refractivity contribution in [2.45, 2.75) is 13.0 Å². The van der Waals surface area contributed by atoms with Gasteiger partial charge in [-0.3, -0.25) is 4.79 Å². The van der Waals surface area contributed by atoms with E-state index in [1.165, 1.54) is 0 Å². The highest BCUT2D eigenvalue weighted by molar-refractivity contribution is 7.96. The van der Waals surface area contributed by atoms with Gasteiger partial charge in [-0.2, -0.15) is 0 Å². The number of rotatable bonds is 3. The van der Waals surface area contributed by atoms with Crippen LogP contribution in [0.15, 0.2) is 0 Å². The van der Waals surface area contributed by atoms with Gasteiger partial charge in [-0.25, -0.2) is 4.31 Å². The largest absolute Gasteiger partial charge is 0.366 e. The van der Waals surface area contributed by atoms with Gasteiger partial charge in [-0.05, 0) is 13.2 Å². The van der Waals surface area contributed by atoms with Gasteiger partial charge < -0.3 is 10.1 Å². The normalized spacial score (nSPS) is 24.3. The number of carbonyl (C=O) groups is 1. The molecule has 76 valence electrons. The van der Waals surface area contributed by atoms with Gasteiger partial charge in [0.1, 0.15) is 6.10 Å². The number of hydrogen-bond donors (Lipinski definition) is 1. The minimum atomic E-state index is -0.291. The third kappa shape index (κ3) is 3.17. The molecule has 0 aromatic carbocycles. The second kappa shape index (κ2) is 5.47. The number of carbonyl (C=O) groups excluding carboxylic acids is 1. The average molecular weight is 204 g/mol. The fraction of sp³-hybridized carbons (Fsp3) is 0.875. The lowest BCUT2D eigenvalue weighted by Gasteiger charge is -2.30. The van der Waals surface area contributed by atoms with Crippen molar-refractivity contribution in [1.82, 2.24) is 9.62 Å². The molecule has 13 heavy (non-hydrogen) atoms. The van der Waals surface area contributed by atoms with Crippen molar-refractivity contribution in [3.8, 4) is 0 Å². The van der Waals surface area contributed by atoms with Gasteiger partial charge in [-0.15, -0.1) is 0 Å². The summed E-state index contributed by atoms with van der Waals surface area (Å²) < 4.78 is 7.50. The van der Waals surface area contributed by atoms with Crippen LogP contribution in [-0.4, -0.2) is 48.8 Å². The second-order valence-electron chi connectivity index (χ2n) is 2.82. The van der Waals surface area contributed by atoms with Crippen LogP contribution in [0.3, 0.4) is 0 Å². The van der Waals surface area contributed by atoms with Crippen LogP contribution in [0.25, 0.3) is 0 Å². The summed E-state index contributed by atoms with van der Waals surface area (Å²) in [5.41, 5.74) is 0. The van der Waals surface area contributed by atoms with Crippen molar-refractivity contribution in [3.05, 3.63) is 0 Å². The summed E-state index contributed by atoms with van der Waals surface area (Å²) in [5, 5.41) is 2.76. The lowest BCUT2D eigenvalue weighted by atomic mass is 10.3. The van der Waals surface area contributed by atoms with E-state index in [1.54, 1.807) is 11.9 Å². The van der Waals surface area contributed by atoms with Crippen molar-refractivity contribution in [2.24, 2.45) is 0 Å². The van der Waals surface area contributed by atoms with Crippen molar-refractivity contribution in [3.63, 3.8) is 0 Å². The van der Waals surface area contributed by atoms with Crippen LogP contribution in [0, 0.1) is 0 Å². The molecule has 1 rings (SSSR count). The molecule has 1 saturated heterocycles. The predicted octanol–water partition coefficient (Wildman–Crippen LogP) is 0.101. The number of likely N-dealkylation sites (N-methyl/N-ethyl adjacent to an activating group) is 1. The first-order chi connectivity index (χ1) is 6.27. The van der Waals surface area contributed by atoms with Crippen LogP contribution < -0.4 is 5.32 Å². The second-order valence-corrected chi connectivity index (χ2v) is 3.71. The van der Waals surface area contributed by atoms with Crippen LogP contribution in [-0.2, 0) is 9.53 Å². The van der Waals surface area contributed by atoms with Crippen molar-refractivity contribution < 1.29 is 9.53 Å². The highest BCUT2D eigenvalue weighted by Crippen LogP contribution is 2.12. The first-order valence-electron chi connectivity index (χ1n) is 4.46. The van der Waals surface area contributed by atoms with E-state index in [-0.39, 0.29) is 12.0 Å². The molecule has 1 N–H and O–H groups in total. The molecular formula is C8H16N2O2S. The number of nitrogens with zero attached hydrogens (tertiary/aromatic N) is 1. The van der Waals surface area contributed by atoms with Gasteiger partial charge in [0.25, 0.3) is 5.91 Å². The van der Waals surface area contributed by atoms with Crippen molar-refractivity contribution in [1.29, 1.82) is 0 Å². The van der Waals surface area contributed by atoms with E-state index in [0.29, 0.717) is 19.7 Å². The van der Waals surface area contributed by atoms with E-state index in [1.807, 2.05) is 13.2 Å². The summed E-state index contributed by atoms with van der Waals surface area (Å²) in [7, 11) is 0. The fourth-order valence-corrected chi connectivity index (χ4v) is 1.78. The summed E-state index contributed by atoms with van der Waals surface area (Å²) in [6, 6.07) is 0.